The van der Waals surface area contributed by atoms with Gasteiger partial charge < -0.3 is 10.1 Å². The molecule has 26 heavy (non-hydrogen) atoms. The Bertz CT molecular complexity index is 811. The van der Waals surface area contributed by atoms with Crippen LogP contribution in [0.15, 0.2) is 24.3 Å². The zero-order valence-corrected chi connectivity index (χ0v) is 15.1. The summed E-state index contributed by atoms with van der Waals surface area (Å²) in [6.07, 6.45) is 4.24. The molecule has 0 bridgehead atoms. The highest BCUT2D eigenvalue weighted by Crippen LogP contribution is 2.29. The number of esters is 1. The SMILES string of the molecule is C[C@H](OC(=O)c1cc2c(s1)CCCCC2)C(=O)Nc1ccc(F)cc1F. The van der Waals surface area contributed by atoms with Crippen LogP contribution in [0.3, 0.4) is 0 Å². The number of nitrogens with one attached hydrogen (secondary N) is 1. The molecule has 1 aromatic heterocycles. The average molecular weight is 379 g/mol. The molecule has 1 aliphatic rings. The second kappa shape index (κ2) is 7.95. The van der Waals surface area contributed by atoms with Gasteiger partial charge in [0.25, 0.3) is 5.91 Å². The Morgan fingerprint density at radius 2 is 1.92 bits per heavy atom. The van der Waals surface area contributed by atoms with E-state index in [1.54, 1.807) is 0 Å². The third kappa shape index (κ3) is 4.27. The molecule has 138 valence electrons. The van der Waals surface area contributed by atoms with Gasteiger partial charge in [-0.1, -0.05) is 6.42 Å². The van der Waals surface area contributed by atoms with Crippen molar-refractivity contribution in [1.82, 2.24) is 0 Å². The molecule has 1 aromatic carbocycles. The van der Waals surface area contributed by atoms with E-state index in [0.29, 0.717) is 10.9 Å². The topological polar surface area (TPSA) is 55.4 Å². The lowest BCUT2D eigenvalue weighted by Gasteiger charge is -2.13. The standard InChI is InChI=1S/C19H19F2NO3S/c1-11(18(23)22-15-8-7-13(20)10-14(15)21)25-19(24)17-9-12-5-3-2-4-6-16(12)26-17/h7-11H,2-6H2,1H3,(H,22,23)/t11-/m0/s1. The molecule has 1 aliphatic carbocycles. The maximum atomic E-state index is 13.6. The molecule has 0 radical (unpaired) electrons. The number of ether oxygens (including phenoxy) is 1. The highest BCUT2D eigenvalue weighted by molar-refractivity contribution is 7.14. The quantitative estimate of drug-likeness (QED) is 0.629. The number of rotatable bonds is 4. The van der Waals surface area contributed by atoms with Gasteiger partial charge in [0, 0.05) is 10.9 Å². The van der Waals surface area contributed by atoms with E-state index < -0.39 is 29.6 Å². The molecular formula is C19H19F2NO3S. The Hall–Kier alpha value is -2.28. The van der Waals surface area contributed by atoms with E-state index in [4.69, 9.17) is 4.74 Å². The summed E-state index contributed by atoms with van der Waals surface area (Å²) in [5.41, 5.74) is 1.02. The van der Waals surface area contributed by atoms with Gasteiger partial charge in [0.05, 0.1) is 5.69 Å². The van der Waals surface area contributed by atoms with Gasteiger partial charge in [0.15, 0.2) is 6.10 Å². The fourth-order valence-electron chi connectivity index (χ4n) is 2.87. The number of halogens is 2. The van der Waals surface area contributed by atoms with Crippen LogP contribution in [0.2, 0.25) is 0 Å². The summed E-state index contributed by atoms with van der Waals surface area (Å²) >= 11 is 1.41. The molecule has 1 amide bonds. The number of thiophene rings is 1. The molecule has 1 atom stereocenters. The van der Waals surface area contributed by atoms with Crippen molar-refractivity contribution < 1.29 is 23.1 Å². The van der Waals surface area contributed by atoms with Gasteiger partial charge in [-0.15, -0.1) is 11.3 Å². The zero-order valence-electron chi connectivity index (χ0n) is 14.3. The number of aryl methyl sites for hydroxylation is 2. The summed E-state index contributed by atoms with van der Waals surface area (Å²) in [5.74, 6) is -2.87. The summed E-state index contributed by atoms with van der Waals surface area (Å²) < 4.78 is 31.7. The van der Waals surface area contributed by atoms with Gasteiger partial charge in [-0.05, 0) is 56.4 Å². The van der Waals surface area contributed by atoms with Gasteiger partial charge in [-0.25, -0.2) is 13.6 Å². The molecule has 7 heteroatoms. The van der Waals surface area contributed by atoms with Crippen LogP contribution in [-0.4, -0.2) is 18.0 Å². The molecule has 0 saturated carbocycles. The maximum Gasteiger partial charge on any atom is 0.349 e. The molecule has 0 saturated heterocycles. The summed E-state index contributed by atoms with van der Waals surface area (Å²) in [6.45, 7) is 1.41. The van der Waals surface area contributed by atoms with E-state index in [2.05, 4.69) is 5.32 Å². The van der Waals surface area contributed by atoms with Crippen molar-refractivity contribution in [3.63, 3.8) is 0 Å². The smallest absolute Gasteiger partial charge is 0.349 e. The molecular weight excluding hydrogens is 360 g/mol. The number of fused-ring (bicyclic) bond motifs is 1. The molecule has 0 spiro atoms. The third-order valence-corrected chi connectivity index (χ3v) is 5.51. The number of amides is 1. The summed E-state index contributed by atoms with van der Waals surface area (Å²) in [7, 11) is 0. The Balaban J connectivity index is 1.62. The number of hydrogen-bond acceptors (Lipinski definition) is 4. The van der Waals surface area contributed by atoms with Crippen LogP contribution in [0, 0.1) is 11.6 Å². The van der Waals surface area contributed by atoms with Gasteiger partial charge >= 0.3 is 5.97 Å². The largest absolute Gasteiger partial charge is 0.448 e. The van der Waals surface area contributed by atoms with Crippen molar-refractivity contribution in [1.29, 1.82) is 0 Å². The first-order chi connectivity index (χ1) is 12.4. The molecule has 0 unspecified atom stereocenters. The molecule has 0 aliphatic heterocycles. The van der Waals surface area contributed by atoms with Crippen molar-refractivity contribution in [2.24, 2.45) is 0 Å². The van der Waals surface area contributed by atoms with Crippen LogP contribution < -0.4 is 5.32 Å². The van der Waals surface area contributed by atoms with E-state index in [0.717, 1.165) is 37.8 Å². The van der Waals surface area contributed by atoms with E-state index in [-0.39, 0.29) is 5.69 Å². The fourth-order valence-corrected chi connectivity index (χ4v) is 4.00. The number of carbonyl (C=O) groups is 2. The van der Waals surface area contributed by atoms with Crippen LogP contribution in [0.25, 0.3) is 0 Å². The Kier molecular flexibility index (Phi) is 5.66. The lowest BCUT2D eigenvalue weighted by Crippen LogP contribution is -2.30. The first kappa shape index (κ1) is 18.5. The third-order valence-electron chi connectivity index (χ3n) is 4.29. The number of carbonyl (C=O) groups excluding carboxylic acids is 2. The number of benzene rings is 1. The van der Waals surface area contributed by atoms with Gasteiger partial charge in [-0.2, -0.15) is 0 Å². The van der Waals surface area contributed by atoms with Crippen molar-refractivity contribution in [2.75, 3.05) is 5.32 Å². The highest BCUT2D eigenvalue weighted by atomic mass is 32.1. The minimum Gasteiger partial charge on any atom is -0.448 e. The monoisotopic (exact) mass is 379 g/mol. The molecule has 4 nitrogen and oxygen atoms in total. The van der Waals surface area contributed by atoms with Crippen LogP contribution in [-0.2, 0) is 22.4 Å². The van der Waals surface area contributed by atoms with Crippen LogP contribution >= 0.6 is 11.3 Å². The van der Waals surface area contributed by atoms with Gasteiger partial charge in [0.1, 0.15) is 16.5 Å². The van der Waals surface area contributed by atoms with E-state index in [1.807, 2.05) is 6.07 Å². The first-order valence-corrected chi connectivity index (χ1v) is 9.34. The number of hydrogen-bond donors (Lipinski definition) is 1. The first-order valence-electron chi connectivity index (χ1n) is 8.52. The Morgan fingerprint density at radius 3 is 2.69 bits per heavy atom. The summed E-state index contributed by atoms with van der Waals surface area (Å²) in [5, 5.41) is 2.30. The lowest BCUT2D eigenvalue weighted by atomic mass is 10.1. The van der Waals surface area contributed by atoms with Crippen molar-refractivity contribution in [2.45, 2.75) is 45.1 Å². The van der Waals surface area contributed by atoms with Crippen LogP contribution in [0.4, 0.5) is 14.5 Å². The highest BCUT2D eigenvalue weighted by Gasteiger charge is 2.23. The average Bonchev–Trinajstić information content (AvgIpc) is 2.88. The maximum absolute atomic E-state index is 13.6. The van der Waals surface area contributed by atoms with Crippen molar-refractivity contribution in [3.05, 3.63) is 51.2 Å². The van der Waals surface area contributed by atoms with Crippen LogP contribution in [0.5, 0.6) is 0 Å². The van der Waals surface area contributed by atoms with Crippen LogP contribution in [0.1, 0.15) is 46.3 Å². The van der Waals surface area contributed by atoms with Crippen molar-refractivity contribution >= 4 is 28.9 Å². The molecule has 0 fully saturated rings. The fraction of sp³-hybridized carbons (Fsp3) is 0.368. The summed E-state index contributed by atoms with van der Waals surface area (Å²) in [4.78, 5) is 26.1. The molecule has 1 N–H and O–H groups in total. The van der Waals surface area contributed by atoms with Crippen molar-refractivity contribution in [3.8, 4) is 0 Å². The summed E-state index contributed by atoms with van der Waals surface area (Å²) in [6, 6.07) is 4.67. The molecule has 3 rings (SSSR count). The molecule has 1 heterocycles. The zero-order chi connectivity index (χ0) is 18.7. The van der Waals surface area contributed by atoms with Gasteiger partial charge in [0.2, 0.25) is 0 Å². The Morgan fingerprint density at radius 1 is 1.15 bits per heavy atom. The lowest BCUT2D eigenvalue weighted by molar-refractivity contribution is -0.123. The minimum absolute atomic E-state index is 0.165. The van der Waals surface area contributed by atoms with E-state index >= 15 is 0 Å². The Labute approximate surface area is 154 Å². The molecule has 2 aromatic rings. The van der Waals surface area contributed by atoms with E-state index in [1.165, 1.54) is 35.1 Å². The predicted molar refractivity (Wildman–Crippen MR) is 95.4 cm³/mol. The minimum atomic E-state index is -1.10. The predicted octanol–water partition coefficient (Wildman–Crippen LogP) is 4.48. The number of anilines is 1. The van der Waals surface area contributed by atoms with E-state index in [9.17, 15) is 18.4 Å². The second-order valence-electron chi connectivity index (χ2n) is 6.28. The normalized spacial score (nSPS) is 14.9. The van der Waals surface area contributed by atoms with Gasteiger partial charge in [-0.3, -0.25) is 4.79 Å². The second-order valence-corrected chi connectivity index (χ2v) is 7.42.